The van der Waals surface area contributed by atoms with Crippen molar-refractivity contribution in [2.45, 2.75) is 11.8 Å². The molecule has 0 radical (unpaired) electrons. The molecule has 1 aromatic carbocycles. The zero-order chi connectivity index (χ0) is 14.0. The summed E-state index contributed by atoms with van der Waals surface area (Å²) in [5.74, 6) is -0.567. The van der Waals surface area contributed by atoms with Crippen molar-refractivity contribution in [1.29, 1.82) is 0 Å². The highest BCUT2D eigenvalue weighted by molar-refractivity contribution is 7.86. The third-order valence-corrected chi connectivity index (χ3v) is 3.35. The number of anilines is 1. The van der Waals surface area contributed by atoms with Crippen LogP contribution in [-0.2, 0) is 10.2 Å². The van der Waals surface area contributed by atoms with Crippen molar-refractivity contribution >= 4 is 21.8 Å². The number of nitrogens with one attached hydrogen (secondary N) is 2. The van der Waals surface area contributed by atoms with Crippen molar-refractivity contribution in [3.05, 3.63) is 41.7 Å². The molecule has 2 aromatic rings. The molecular weight excluding hydrogens is 273 g/mol. The Morgan fingerprint density at radius 1 is 1.37 bits per heavy atom. The van der Waals surface area contributed by atoms with E-state index < -0.39 is 21.0 Å². The highest BCUT2D eigenvalue weighted by Crippen LogP contribution is 2.23. The maximum Gasteiger partial charge on any atom is 0.334 e. The maximum absolute atomic E-state index is 13.1. The smallest absolute Gasteiger partial charge is 0.321 e. The molecule has 100 valence electrons. The summed E-state index contributed by atoms with van der Waals surface area (Å²) in [4.78, 5) is 11.3. The lowest BCUT2D eigenvalue weighted by Gasteiger charge is -2.07. The molecule has 8 heteroatoms. The number of aromatic amines is 1. The zero-order valence-electron chi connectivity index (χ0n) is 9.84. The number of halogens is 1. The number of nitrogens with zero attached hydrogens (tertiary/aromatic N) is 1. The Morgan fingerprint density at radius 2 is 2.05 bits per heavy atom. The number of rotatable bonds is 3. The number of carbonyl (C=O) groups excluding carboxylic acids is 1. The Balaban J connectivity index is 2.35. The van der Waals surface area contributed by atoms with Gasteiger partial charge < -0.3 is 5.32 Å². The normalized spacial score (nSPS) is 11.3. The summed E-state index contributed by atoms with van der Waals surface area (Å²) < 4.78 is 35.0. The molecule has 2 N–H and O–H groups in total. The van der Waals surface area contributed by atoms with Gasteiger partial charge in [0.15, 0.2) is 0 Å². The van der Waals surface area contributed by atoms with E-state index in [0.717, 1.165) is 6.07 Å². The highest BCUT2D eigenvalue weighted by atomic mass is 32.3. The molecule has 2 rings (SSSR count). The quantitative estimate of drug-likeness (QED) is 0.837. The summed E-state index contributed by atoms with van der Waals surface area (Å²) in [6.45, 7) is 1.64. The van der Waals surface area contributed by atoms with E-state index in [-0.39, 0.29) is 11.3 Å². The lowest BCUT2D eigenvalue weighted by molar-refractivity contribution is 0.102. The first-order valence-electron chi connectivity index (χ1n) is 5.24. The first-order chi connectivity index (χ1) is 8.89. The first kappa shape index (κ1) is 13.2. The Labute approximate surface area is 108 Å². The predicted molar refractivity (Wildman–Crippen MR) is 66.0 cm³/mol. The molecule has 0 aliphatic rings. The van der Waals surface area contributed by atoms with Crippen molar-refractivity contribution in [1.82, 2.24) is 10.2 Å². The standard InChI is InChI=1S/C11H10FN3O3S/c1-7-8(6-13-15-7)11(16)14-9-4-2-3-5-10(9)19(12,17)18/h2-6H,1H3,(H,13,15)(H,14,16). The number of hydrogen-bond acceptors (Lipinski definition) is 4. The molecule has 1 heterocycles. The number of aromatic nitrogens is 2. The average molecular weight is 283 g/mol. The second kappa shape index (κ2) is 4.81. The van der Waals surface area contributed by atoms with Crippen molar-refractivity contribution < 1.29 is 17.1 Å². The van der Waals surface area contributed by atoms with E-state index in [9.17, 15) is 17.1 Å². The van der Waals surface area contributed by atoms with Gasteiger partial charge in [-0.2, -0.15) is 13.5 Å². The van der Waals surface area contributed by atoms with Crippen LogP contribution in [0.15, 0.2) is 35.4 Å². The topological polar surface area (TPSA) is 91.9 Å². The van der Waals surface area contributed by atoms with Gasteiger partial charge in [0.25, 0.3) is 5.91 Å². The van der Waals surface area contributed by atoms with Crippen molar-refractivity contribution in [3.8, 4) is 0 Å². The van der Waals surface area contributed by atoms with Crippen LogP contribution in [0.25, 0.3) is 0 Å². The van der Waals surface area contributed by atoms with Crippen LogP contribution in [0.5, 0.6) is 0 Å². The molecule has 1 aromatic heterocycles. The Bertz CT molecular complexity index is 724. The number of para-hydroxylation sites is 1. The number of amides is 1. The van der Waals surface area contributed by atoms with Crippen LogP contribution in [-0.4, -0.2) is 24.5 Å². The van der Waals surface area contributed by atoms with Gasteiger partial charge in [-0.3, -0.25) is 9.89 Å². The van der Waals surface area contributed by atoms with E-state index in [2.05, 4.69) is 15.5 Å². The number of benzene rings is 1. The number of aryl methyl sites for hydroxylation is 1. The second-order valence-electron chi connectivity index (χ2n) is 3.80. The summed E-state index contributed by atoms with van der Waals surface area (Å²) in [6, 6.07) is 5.24. The average Bonchev–Trinajstić information content (AvgIpc) is 2.75. The number of H-pyrrole nitrogens is 1. The van der Waals surface area contributed by atoms with Crippen molar-refractivity contribution in [2.75, 3.05) is 5.32 Å². The summed E-state index contributed by atoms with van der Waals surface area (Å²) in [6.07, 6.45) is 1.30. The van der Waals surface area contributed by atoms with Crippen molar-refractivity contribution in [2.24, 2.45) is 0 Å². The molecule has 0 saturated heterocycles. The fraction of sp³-hybridized carbons (Fsp3) is 0.0909. The van der Waals surface area contributed by atoms with Crippen LogP contribution < -0.4 is 5.32 Å². The van der Waals surface area contributed by atoms with E-state index in [0.29, 0.717) is 5.69 Å². The first-order valence-corrected chi connectivity index (χ1v) is 6.63. The van der Waals surface area contributed by atoms with E-state index >= 15 is 0 Å². The summed E-state index contributed by atoms with van der Waals surface area (Å²) in [5, 5.41) is 8.60. The predicted octanol–water partition coefficient (Wildman–Crippen LogP) is 1.63. The third kappa shape index (κ3) is 2.79. The molecule has 0 aliphatic carbocycles. The molecule has 0 unspecified atom stereocenters. The fourth-order valence-electron chi connectivity index (χ4n) is 1.55. The fourth-order valence-corrected chi connectivity index (χ4v) is 2.17. The second-order valence-corrected chi connectivity index (χ2v) is 5.11. The van der Waals surface area contributed by atoms with Crippen LogP contribution in [0, 0.1) is 6.92 Å². The Kier molecular flexibility index (Phi) is 3.34. The van der Waals surface area contributed by atoms with Crippen LogP contribution in [0.3, 0.4) is 0 Å². The molecule has 6 nitrogen and oxygen atoms in total. The van der Waals surface area contributed by atoms with Crippen LogP contribution in [0.1, 0.15) is 16.1 Å². The molecule has 0 aliphatic heterocycles. The van der Waals surface area contributed by atoms with Gasteiger partial charge in [0.2, 0.25) is 0 Å². The van der Waals surface area contributed by atoms with Gasteiger partial charge in [-0.05, 0) is 19.1 Å². The molecule has 0 saturated carbocycles. The van der Waals surface area contributed by atoms with Gasteiger partial charge in [0.05, 0.1) is 17.4 Å². The minimum atomic E-state index is -4.90. The van der Waals surface area contributed by atoms with E-state index in [1.54, 1.807) is 6.92 Å². The minimum Gasteiger partial charge on any atom is -0.321 e. The minimum absolute atomic E-state index is 0.115. The largest absolute Gasteiger partial charge is 0.334 e. The molecule has 1 amide bonds. The van der Waals surface area contributed by atoms with Gasteiger partial charge in [-0.1, -0.05) is 12.1 Å². The van der Waals surface area contributed by atoms with Gasteiger partial charge in [-0.25, -0.2) is 0 Å². The highest BCUT2D eigenvalue weighted by Gasteiger charge is 2.19. The lowest BCUT2D eigenvalue weighted by atomic mass is 10.2. The zero-order valence-corrected chi connectivity index (χ0v) is 10.7. The van der Waals surface area contributed by atoms with Crippen LogP contribution in [0.2, 0.25) is 0 Å². The van der Waals surface area contributed by atoms with Gasteiger partial charge >= 0.3 is 10.2 Å². The van der Waals surface area contributed by atoms with E-state index in [4.69, 9.17) is 0 Å². The molecule has 0 atom stereocenters. The molecule has 0 bridgehead atoms. The monoisotopic (exact) mass is 283 g/mol. The number of carbonyl (C=O) groups is 1. The van der Waals surface area contributed by atoms with Crippen LogP contribution >= 0.6 is 0 Å². The molecule has 0 spiro atoms. The lowest BCUT2D eigenvalue weighted by Crippen LogP contribution is -2.14. The maximum atomic E-state index is 13.1. The third-order valence-electron chi connectivity index (χ3n) is 2.47. The SMILES string of the molecule is Cc1[nH]ncc1C(=O)Nc1ccccc1S(=O)(=O)F. The van der Waals surface area contributed by atoms with Gasteiger partial charge in [0, 0.05) is 5.69 Å². The summed E-state index contributed by atoms with van der Waals surface area (Å²) in [5.41, 5.74) is 0.666. The molecule has 0 fully saturated rings. The summed E-state index contributed by atoms with van der Waals surface area (Å²) in [7, 11) is -4.90. The Hall–Kier alpha value is -2.22. The Morgan fingerprint density at radius 3 is 2.63 bits per heavy atom. The van der Waals surface area contributed by atoms with Crippen molar-refractivity contribution in [3.63, 3.8) is 0 Å². The van der Waals surface area contributed by atoms with Crippen LogP contribution in [0.4, 0.5) is 9.57 Å². The van der Waals surface area contributed by atoms with E-state index in [1.807, 2.05) is 0 Å². The number of hydrogen-bond donors (Lipinski definition) is 2. The summed E-state index contributed by atoms with van der Waals surface area (Å²) >= 11 is 0. The molecular formula is C11H10FN3O3S. The molecule has 19 heavy (non-hydrogen) atoms. The van der Waals surface area contributed by atoms with E-state index in [1.165, 1.54) is 24.4 Å². The van der Waals surface area contributed by atoms with Gasteiger partial charge in [0.1, 0.15) is 4.90 Å². The van der Waals surface area contributed by atoms with Gasteiger partial charge in [-0.15, -0.1) is 3.89 Å².